The van der Waals surface area contributed by atoms with Crippen LogP contribution < -0.4 is 9.64 Å². The van der Waals surface area contributed by atoms with Crippen LogP contribution in [-0.2, 0) is 19.5 Å². The number of halogens is 1. The van der Waals surface area contributed by atoms with Crippen LogP contribution in [0.5, 0.6) is 5.75 Å². The highest BCUT2D eigenvalue weighted by atomic mass is 35.5. The standard InChI is InChI=1S/C20H17ClN6O2S/c1-29-14-8-7-13(21)17-16(14)23-20(30-17)27(11-12-5-2-3-9-22-12)19(28)18-25-24-15-6-4-10-26(15)18/h2-3,5,7-9H,4,6,10-11H2,1H3. The van der Waals surface area contributed by atoms with Crippen LogP contribution in [0.25, 0.3) is 10.2 Å². The normalized spacial score (nSPS) is 12.9. The number of aryl methyl sites for hydroxylation is 1. The van der Waals surface area contributed by atoms with E-state index in [1.807, 2.05) is 22.8 Å². The van der Waals surface area contributed by atoms with E-state index in [4.69, 9.17) is 21.3 Å². The van der Waals surface area contributed by atoms with E-state index in [-0.39, 0.29) is 12.5 Å². The summed E-state index contributed by atoms with van der Waals surface area (Å²) in [6.07, 6.45) is 3.48. The highest BCUT2D eigenvalue weighted by Crippen LogP contribution is 2.39. The number of methoxy groups -OCH3 is 1. The van der Waals surface area contributed by atoms with Gasteiger partial charge in [-0.05, 0) is 30.7 Å². The Balaban J connectivity index is 1.62. The van der Waals surface area contributed by atoms with E-state index in [1.165, 1.54) is 11.3 Å². The fourth-order valence-corrected chi connectivity index (χ4v) is 4.78. The third kappa shape index (κ3) is 3.20. The van der Waals surface area contributed by atoms with Crippen LogP contribution in [0.15, 0.2) is 36.5 Å². The molecule has 1 aliphatic heterocycles. The van der Waals surface area contributed by atoms with Crippen LogP contribution in [0.1, 0.15) is 28.6 Å². The van der Waals surface area contributed by atoms with Crippen molar-refractivity contribution in [1.82, 2.24) is 24.7 Å². The Labute approximate surface area is 181 Å². The van der Waals surface area contributed by atoms with E-state index >= 15 is 0 Å². The minimum Gasteiger partial charge on any atom is -0.494 e. The number of fused-ring (bicyclic) bond motifs is 2. The molecule has 0 unspecified atom stereocenters. The van der Waals surface area contributed by atoms with E-state index < -0.39 is 0 Å². The molecule has 30 heavy (non-hydrogen) atoms. The maximum atomic E-state index is 13.6. The first-order valence-corrected chi connectivity index (χ1v) is 10.6. The average Bonchev–Trinajstić information content (AvgIpc) is 3.48. The Morgan fingerprint density at radius 3 is 3.00 bits per heavy atom. The number of hydrogen-bond acceptors (Lipinski definition) is 7. The molecular formula is C20H17ClN6O2S. The lowest BCUT2D eigenvalue weighted by atomic mass is 10.3. The van der Waals surface area contributed by atoms with Gasteiger partial charge >= 0.3 is 0 Å². The number of amides is 1. The predicted octanol–water partition coefficient (Wildman–Crippen LogP) is 3.74. The van der Waals surface area contributed by atoms with Gasteiger partial charge in [0.2, 0.25) is 5.82 Å². The molecule has 1 aromatic carbocycles. The maximum Gasteiger partial charge on any atom is 0.298 e. The van der Waals surface area contributed by atoms with Crippen molar-refractivity contribution in [3.63, 3.8) is 0 Å². The molecule has 0 N–H and O–H groups in total. The molecule has 0 spiro atoms. The number of carbonyl (C=O) groups excluding carboxylic acids is 1. The minimum atomic E-state index is -0.268. The van der Waals surface area contributed by atoms with Crippen molar-refractivity contribution in [1.29, 1.82) is 0 Å². The molecule has 3 aromatic heterocycles. The van der Waals surface area contributed by atoms with Crippen LogP contribution in [-0.4, -0.2) is 37.7 Å². The molecule has 5 rings (SSSR count). The first-order chi connectivity index (χ1) is 14.7. The fraction of sp³-hybridized carbons (Fsp3) is 0.250. The quantitative estimate of drug-likeness (QED) is 0.470. The van der Waals surface area contributed by atoms with Crippen LogP contribution in [0.3, 0.4) is 0 Å². The molecule has 0 fully saturated rings. The van der Waals surface area contributed by atoms with Crippen LogP contribution in [0.2, 0.25) is 5.02 Å². The van der Waals surface area contributed by atoms with Crippen molar-refractivity contribution in [3.8, 4) is 5.75 Å². The second kappa shape index (κ2) is 7.66. The van der Waals surface area contributed by atoms with Gasteiger partial charge < -0.3 is 9.30 Å². The zero-order valence-corrected chi connectivity index (χ0v) is 17.7. The van der Waals surface area contributed by atoms with Crippen molar-refractivity contribution in [2.45, 2.75) is 25.9 Å². The average molecular weight is 441 g/mol. The van der Waals surface area contributed by atoms with E-state index in [0.29, 0.717) is 27.2 Å². The van der Waals surface area contributed by atoms with Gasteiger partial charge in [-0.2, -0.15) is 0 Å². The molecule has 0 aliphatic carbocycles. The highest BCUT2D eigenvalue weighted by Gasteiger charge is 2.30. The van der Waals surface area contributed by atoms with E-state index in [1.54, 1.807) is 30.3 Å². The lowest BCUT2D eigenvalue weighted by molar-refractivity contribution is 0.0970. The molecular weight excluding hydrogens is 424 g/mol. The summed E-state index contributed by atoms with van der Waals surface area (Å²) in [7, 11) is 1.58. The van der Waals surface area contributed by atoms with Crippen molar-refractivity contribution in [2.24, 2.45) is 0 Å². The molecule has 0 saturated carbocycles. The third-order valence-electron chi connectivity index (χ3n) is 4.99. The zero-order chi connectivity index (χ0) is 20.7. The van der Waals surface area contributed by atoms with Crippen molar-refractivity contribution >= 4 is 44.2 Å². The van der Waals surface area contributed by atoms with Gasteiger partial charge in [-0.3, -0.25) is 14.7 Å². The summed E-state index contributed by atoms with van der Waals surface area (Å²) in [5, 5.41) is 9.40. The number of ether oxygens (including phenoxy) is 1. The number of pyridine rings is 1. The van der Waals surface area contributed by atoms with E-state index in [0.717, 1.165) is 35.6 Å². The van der Waals surface area contributed by atoms with Crippen molar-refractivity contribution in [3.05, 3.63) is 58.9 Å². The van der Waals surface area contributed by atoms with Crippen LogP contribution in [0.4, 0.5) is 5.13 Å². The minimum absolute atomic E-state index is 0.252. The Hall–Kier alpha value is -3.04. The maximum absolute atomic E-state index is 13.6. The summed E-state index contributed by atoms with van der Waals surface area (Å²) in [6, 6.07) is 9.13. The molecule has 152 valence electrons. The molecule has 4 aromatic rings. The van der Waals surface area contributed by atoms with Gasteiger partial charge in [0.1, 0.15) is 17.1 Å². The van der Waals surface area contributed by atoms with Gasteiger partial charge in [-0.1, -0.05) is 29.0 Å². The van der Waals surface area contributed by atoms with Gasteiger partial charge in [0.05, 0.1) is 29.1 Å². The molecule has 10 heteroatoms. The number of aromatic nitrogens is 5. The zero-order valence-electron chi connectivity index (χ0n) is 16.1. The van der Waals surface area contributed by atoms with E-state index in [2.05, 4.69) is 15.2 Å². The van der Waals surface area contributed by atoms with Gasteiger partial charge in [-0.25, -0.2) is 4.98 Å². The SMILES string of the molecule is COc1ccc(Cl)c2sc(N(Cc3ccccn3)C(=O)c3nnc4n3CCC4)nc12. The topological polar surface area (TPSA) is 86.0 Å². The Bertz CT molecular complexity index is 1240. The van der Waals surface area contributed by atoms with Gasteiger partial charge in [0, 0.05) is 19.2 Å². The Morgan fingerprint density at radius 2 is 2.20 bits per heavy atom. The second-order valence-corrected chi connectivity index (χ2v) is 8.22. The first kappa shape index (κ1) is 19.0. The van der Waals surface area contributed by atoms with Gasteiger partial charge in [0.25, 0.3) is 5.91 Å². The molecule has 4 heterocycles. The van der Waals surface area contributed by atoms with Gasteiger partial charge in [-0.15, -0.1) is 10.2 Å². The Morgan fingerprint density at radius 1 is 1.30 bits per heavy atom. The molecule has 1 amide bonds. The molecule has 0 saturated heterocycles. The first-order valence-electron chi connectivity index (χ1n) is 9.42. The molecule has 8 nitrogen and oxygen atoms in total. The summed E-state index contributed by atoms with van der Waals surface area (Å²) in [4.78, 5) is 24.2. The summed E-state index contributed by atoms with van der Waals surface area (Å²) < 4.78 is 8.07. The molecule has 0 radical (unpaired) electrons. The molecule has 0 bridgehead atoms. The second-order valence-electron chi connectivity index (χ2n) is 6.83. The predicted molar refractivity (Wildman–Crippen MR) is 114 cm³/mol. The third-order valence-corrected chi connectivity index (χ3v) is 6.53. The largest absolute Gasteiger partial charge is 0.494 e. The summed E-state index contributed by atoms with van der Waals surface area (Å²) in [6.45, 7) is 0.988. The number of carbonyl (C=O) groups is 1. The van der Waals surface area contributed by atoms with Crippen molar-refractivity contribution in [2.75, 3.05) is 12.0 Å². The Kier molecular flexibility index (Phi) is 4.84. The fourth-order valence-electron chi connectivity index (χ4n) is 3.53. The van der Waals surface area contributed by atoms with Crippen molar-refractivity contribution < 1.29 is 9.53 Å². The highest BCUT2D eigenvalue weighted by molar-refractivity contribution is 7.23. The summed E-state index contributed by atoms with van der Waals surface area (Å²) >= 11 is 7.73. The van der Waals surface area contributed by atoms with Crippen LogP contribution >= 0.6 is 22.9 Å². The number of rotatable bonds is 5. The monoisotopic (exact) mass is 440 g/mol. The number of benzene rings is 1. The number of hydrogen-bond donors (Lipinski definition) is 0. The number of nitrogens with zero attached hydrogens (tertiary/aromatic N) is 6. The lowest BCUT2D eigenvalue weighted by Gasteiger charge is -2.19. The number of anilines is 1. The lowest BCUT2D eigenvalue weighted by Crippen LogP contribution is -2.33. The molecule has 0 atom stereocenters. The van der Waals surface area contributed by atoms with Gasteiger partial charge in [0.15, 0.2) is 5.13 Å². The smallest absolute Gasteiger partial charge is 0.298 e. The van der Waals surface area contributed by atoms with E-state index in [9.17, 15) is 4.79 Å². The summed E-state index contributed by atoms with van der Waals surface area (Å²) in [5.41, 5.74) is 1.36. The summed E-state index contributed by atoms with van der Waals surface area (Å²) in [5.74, 6) is 1.49. The van der Waals surface area contributed by atoms with Crippen LogP contribution in [0, 0.1) is 0 Å². The number of thiazole rings is 1. The molecule has 1 aliphatic rings.